The zero-order chi connectivity index (χ0) is 18.1. The number of amides is 3. The number of benzene rings is 2. The third-order valence-electron chi connectivity index (χ3n) is 4.38. The van der Waals surface area contributed by atoms with E-state index in [-0.39, 0.29) is 18.3 Å². The highest BCUT2D eigenvalue weighted by atomic mass is 16.5. The molecule has 0 unspecified atom stereocenters. The first-order valence-corrected chi connectivity index (χ1v) is 8.15. The molecule has 0 atom stereocenters. The second kappa shape index (κ2) is 6.11. The van der Waals surface area contributed by atoms with Crippen molar-refractivity contribution in [1.29, 1.82) is 0 Å². The van der Waals surface area contributed by atoms with Crippen LogP contribution in [0.3, 0.4) is 0 Å². The summed E-state index contributed by atoms with van der Waals surface area (Å²) in [7, 11) is 0. The molecule has 7 heteroatoms. The van der Waals surface area contributed by atoms with E-state index in [1.807, 2.05) is 60.7 Å². The highest BCUT2D eigenvalue weighted by Crippen LogP contribution is 2.36. The summed E-state index contributed by atoms with van der Waals surface area (Å²) < 4.78 is 5.07. The number of hydrogen-bond acceptors (Lipinski definition) is 5. The lowest BCUT2D eigenvalue weighted by Crippen LogP contribution is -2.45. The molecule has 2 heterocycles. The number of aryl methyl sites for hydroxylation is 1. The summed E-state index contributed by atoms with van der Waals surface area (Å²) in [6, 6.07) is 17.9. The third kappa shape index (κ3) is 2.45. The minimum absolute atomic E-state index is 0.0765. The topological polar surface area (TPSA) is 88.3 Å². The third-order valence-corrected chi connectivity index (χ3v) is 4.38. The van der Waals surface area contributed by atoms with Crippen LogP contribution in [0.4, 0.5) is 4.79 Å². The molecule has 1 aliphatic heterocycles. The SMILES string of the molecule is Cc1noc(CN2C(=O)NC(c3ccccc3)(c3ccccc3)C2=O)n1. The van der Waals surface area contributed by atoms with E-state index in [1.54, 1.807) is 6.92 Å². The number of hydrogen-bond donors (Lipinski definition) is 1. The van der Waals surface area contributed by atoms with Gasteiger partial charge < -0.3 is 9.84 Å². The number of carbonyl (C=O) groups is 2. The van der Waals surface area contributed by atoms with Crippen molar-refractivity contribution in [3.63, 3.8) is 0 Å². The van der Waals surface area contributed by atoms with E-state index in [0.29, 0.717) is 17.0 Å². The van der Waals surface area contributed by atoms with Gasteiger partial charge in [-0.25, -0.2) is 4.79 Å². The molecular weight excluding hydrogens is 332 g/mol. The van der Waals surface area contributed by atoms with Crippen molar-refractivity contribution in [2.24, 2.45) is 0 Å². The van der Waals surface area contributed by atoms with Crippen LogP contribution >= 0.6 is 0 Å². The maximum absolute atomic E-state index is 13.4. The van der Waals surface area contributed by atoms with Gasteiger partial charge in [-0.1, -0.05) is 65.8 Å². The van der Waals surface area contributed by atoms with Gasteiger partial charge >= 0.3 is 6.03 Å². The molecule has 3 amide bonds. The first kappa shape index (κ1) is 16.0. The van der Waals surface area contributed by atoms with Gasteiger partial charge in [0.15, 0.2) is 11.4 Å². The number of nitrogens with zero attached hydrogens (tertiary/aromatic N) is 3. The minimum atomic E-state index is -1.28. The fraction of sp³-hybridized carbons (Fsp3) is 0.158. The monoisotopic (exact) mass is 348 g/mol. The summed E-state index contributed by atoms with van der Waals surface area (Å²) in [6.07, 6.45) is 0. The Hall–Kier alpha value is -3.48. The Morgan fingerprint density at radius 1 is 1.00 bits per heavy atom. The Morgan fingerprint density at radius 2 is 1.58 bits per heavy atom. The van der Waals surface area contributed by atoms with Gasteiger partial charge in [-0.3, -0.25) is 9.69 Å². The Kier molecular flexibility index (Phi) is 3.76. The lowest BCUT2D eigenvalue weighted by atomic mass is 9.82. The van der Waals surface area contributed by atoms with Crippen LogP contribution in [0.2, 0.25) is 0 Å². The van der Waals surface area contributed by atoms with Gasteiger partial charge in [0.05, 0.1) is 0 Å². The van der Waals surface area contributed by atoms with Gasteiger partial charge in [0.25, 0.3) is 5.91 Å². The normalized spacial score (nSPS) is 16.0. The van der Waals surface area contributed by atoms with Crippen molar-refractivity contribution in [3.05, 3.63) is 83.5 Å². The predicted octanol–water partition coefficient (Wildman–Crippen LogP) is 2.37. The number of aromatic nitrogens is 2. The van der Waals surface area contributed by atoms with Gasteiger partial charge in [-0.2, -0.15) is 4.98 Å². The van der Waals surface area contributed by atoms with Gasteiger partial charge in [0.2, 0.25) is 5.89 Å². The van der Waals surface area contributed by atoms with E-state index in [2.05, 4.69) is 15.5 Å². The molecule has 1 saturated heterocycles. The molecule has 26 heavy (non-hydrogen) atoms. The Morgan fingerprint density at radius 3 is 2.08 bits per heavy atom. The first-order chi connectivity index (χ1) is 12.6. The maximum atomic E-state index is 13.4. The van der Waals surface area contributed by atoms with Crippen LogP contribution in [0.15, 0.2) is 65.2 Å². The van der Waals surface area contributed by atoms with Crippen LogP contribution in [0, 0.1) is 6.92 Å². The van der Waals surface area contributed by atoms with Crippen LogP contribution in [-0.2, 0) is 16.9 Å². The lowest BCUT2D eigenvalue weighted by molar-refractivity contribution is -0.130. The fourth-order valence-corrected chi connectivity index (χ4v) is 3.19. The molecule has 1 aromatic heterocycles. The minimum Gasteiger partial charge on any atom is -0.337 e. The number of urea groups is 1. The molecule has 0 spiro atoms. The molecule has 130 valence electrons. The Bertz CT molecular complexity index is 914. The zero-order valence-corrected chi connectivity index (χ0v) is 14.0. The smallest absolute Gasteiger partial charge is 0.326 e. The van der Waals surface area contributed by atoms with Gasteiger partial charge in [-0.15, -0.1) is 0 Å². The van der Waals surface area contributed by atoms with E-state index < -0.39 is 11.6 Å². The lowest BCUT2D eigenvalue weighted by Gasteiger charge is -2.27. The standard InChI is InChI=1S/C19H16N4O3/c1-13-20-16(26-22-13)12-23-17(24)19(21-18(23)25,14-8-4-2-5-9-14)15-10-6-3-7-11-15/h2-11H,12H2,1H3,(H,21,25). The van der Waals surface area contributed by atoms with Crippen LogP contribution in [-0.4, -0.2) is 27.0 Å². The largest absolute Gasteiger partial charge is 0.337 e. The summed E-state index contributed by atoms with van der Waals surface area (Å²) >= 11 is 0. The summed E-state index contributed by atoms with van der Waals surface area (Å²) in [5, 5.41) is 6.58. The van der Waals surface area contributed by atoms with Crippen molar-refractivity contribution in [2.45, 2.75) is 19.0 Å². The summed E-state index contributed by atoms with van der Waals surface area (Å²) in [5.74, 6) is 0.281. The second-order valence-corrected chi connectivity index (χ2v) is 6.04. The molecule has 4 rings (SSSR count). The van der Waals surface area contributed by atoms with Crippen molar-refractivity contribution in [2.75, 3.05) is 0 Å². The van der Waals surface area contributed by atoms with Gasteiger partial charge in [0, 0.05) is 0 Å². The van der Waals surface area contributed by atoms with Crippen molar-refractivity contribution < 1.29 is 14.1 Å². The molecule has 1 aliphatic rings. The summed E-state index contributed by atoms with van der Waals surface area (Å²) in [4.78, 5) is 31.3. The summed E-state index contributed by atoms with van der Waals surface area (Å²) in [5.41, 5.74) is 0.0943. The average molecular weight is 348 g/mol. The second-order valence-electron chi connectivity index (χ2n) is 6.04. The van der Waals surface area contributed by atoms with Crippen LogP contribution < -0.4 is 5.32 Å². The van der Waals surface area contributed by atoms with E-state index in [1.165, 1.54) is 0 Å². The van der Waals surface area contributed by atoms with E-state index in [4.69, 9.17) is 4.52 Å². The molecule has 0 bridgehead atoms. The molecule has 0 aliphatic carbocycles. The highest BCUT2D eigenvalue weighted by molar-refractivity contribution is 6.09. The van der Waals surface area contributed by atoms with E-state index >= 15 is 0 Å². The molecule has 1 fully saturated rings. The van der Waals surface area contributed by atoms with E-state index in [9.17, 15) is 9.59 Å². The number of carbonyl (C=O) groups excluding carboxylic acids is 2. The van der Waals surface area contributed by atoms with Crippen molar-refractivity contribution in [3.8, 4) is 0 Å². The van der Waals surface area contributed by atoms with Gasteiger partial charge in [-0.05, 0) is 18.1 Å². The Labute approximate surface area is 149 Å². The van der Waals surface area contributed by atoms with Crippen LogP contribution in [0.1, 0.15) is 22.8 Å². The molecule has 7 nitrogen and oxygen atoms in total. The molecule has 3 aromatic rings. The quantitative estimate of drug-likeness (QED) is 0.731. The molecule has 0 radical (unpaired) electrons. The predicted molar refractivity (Wildman–Crippen MR) is 91.8 cm³/mol. The molecule has 1 N–H and O–H groups in total. The Balaban J connectivity index is 1.80. The first-order valence-electron chi connectivity index (χ1n) is 8.15. The fourth-order valence-electron chi connectivity index (χ4n) is 3.19. The van der Waals surface area contributed by atoms with Crippen LogP contribution in [0.25, 0.3) is 0 Å². The number of rotatable bonds is 4. The van der Waals surface area contributed by atoms with Crippen molar-refractivity contribution in [1.82, 2.24) is 20.4 Å². The molecule has 2 aromatic carbocycles. The highest BCUT2D eigenvalue weighted by Gasteiger charge is 2.53. The van der Waals surface area contributed by atoms with Crippen molar-refractivity contribution >= 4 is 11.9 Å². The van der Waals surface area contributed by atoms with Gasteiger partial charge in [0.1, 0.15) is 6.54 Å². The average Bonchev–Trinajstić information content (AvgIpc) is 3.20. The summed E-state index contributed by atoms with van der Waals surface area (Å²) in [6.45, 7) is 1.60. The zero-order valence-electron chi connectivity index (χ0n) is 14.0. The van der Waals surface area contributed by atoms with Crippen LogP contribution in [0.5, 0.6) is 0 Å². The molecular formula is C19H16N4O3. The number of nitrogens with one attached hydrogen (secondary N) is 1. The maximum Gasteiger partial charge on any atom is 0.326 e. The number of imide groups is 1. The van der Waals surface area contributed by atoms with E-state index in [0.717, 1.165) is 4.90 Å². The molecule has 0 saturated carbocycles.